The highest BCUT2D eigenvalue weighted by atomic mass is 19.1. The third kappa shape index (κ3) is 6.42. The molecule has 3 rings (SSSR count). The smallest absolute Gasteiger partial charge is 0.333 e. The van der Waals surface area contributed by atoms with Gasteiger partial charge in [0.15, 0.2) is 0 Å². The minimum atomic E-state index is -0.407. The van der Waals surface area contributed by atoms with Crippen LogP contribution in [0.4, 0.5) is 4.39 Å². The lowest BCUT2D eigenvalue weighted by atomic mass is 9.83. The van der Waals surface area contributed by atoms with E-state index in [2.05, 4.69) is 12.6 Å². The average Bonchev–Trinajstić information content (AvgIpc) is 2.81. The molecule has 2 aromatic rings. The number of aryl methyl sites for hydroxylation is 1. The molecule has 1 aliphatic carbocycles. The van der Waals surface area contributed by atoms with Crippen LogP contribution in [0, 0.1) is 5.82 Å². The van der Waals surface area contributed by atoms with Crippen LogP contribution in [0.15, 0.2) is 48.6 Å². The number of benzene rings is 2. The van der Waals surface area contributed by atoms with Crippen LogP contribution in [0.25, 0.3) is 11.1 Å². The Morgan fingerprint density at radius 2 is 1.91 bits per heavy atom. The van der Waals surface area contributed by atoms with Gasteiger partial charge in [0.1, 0.15) is 18.2 Å². The molecule has 0 bridgehead atoms. The zero-order valence-electron chi connectivity index (χ0n) is 18.9. The average molecular weight is 441 g/mol. The second-order valence-electron chi connectivity index (χ2n) is 8.49. The Morgan fingerprint density at radius 1 is 1.12 bits per heavy atom. The number of aliphatic hydroxyl groups is 1. The molecule has 0 heterocycles. The Hall–Kier alpha value is -2.66. The second-order valence-corrected chi connectivity index (χ2v) is 8.49. The largest absolute Gasteiger partial charge is 0.491 e. The quantitative estimate of drug-likeness (QED) is 0.281. The van der Waals surface area contributed by atoms with Gasteiger partial charge in [-0.1, -0.05) is 44.0 Å². The molecule has 0 atom stereocenters. The minimum absolute atomic E-state index is 0.0886. The highest BCUT2D eigenvalue weighted by molar-refractivity contribution is 5.86. The van der Waals surface area contributed by atoms with E-state index in [0.717, 1.165) is 29.5 Å². The van der Waals surface area contributed by atoms with Crippen LogP contribution in [-0.4, -0.2) is 30.9 Å². The molecule has 0 spiro atoms. The van der Waals surface area contributed by atoms with Crippen molar-refractivity contribution < 1.29 is 23.8 Å². The summed E-state index contributed by atoms with van der Waals surface area (Å²) in [7, 11) is 0. The minimum Gasteiger partial charge on any atom is -0.491 e. The summed E-state index contributed by atoms with van der Waals surface area (Å²) in [5.74, 6) is 0.487. The van der Waals surface area contributed by atoms with Crippen molar-refractivity contribution >= 4 is 5.97 Å². The third-order valence-electron chi connectivity index (χ3n) is 5.96. The van der Waals surface area contributed by atoms with Crippen molar-refractivity contribution in [1.82, 2.24) is 0 Å². The van der Waals surface area contributed by atoms with Crippen LogP contribution in [0.2, 0.25) is 0 Å². The monoisotopic (exact) mass is 440 g/mol. The van der Waals surface area contributed by atoms with Gasteiger partial charge in [-0.25, -0.2) is 9.18 Å². The van der Waals surface area contributed by atoms with Crippen LogP contribution in [-0.2, 0) is 16.0 Å². The van der Waals surface area contributed by atoms with Crippen molar-refractivity contribution in [3.8, 4) is 16.9 Å². The SMILES string of the molecule is C=C(C)C(=O)OCCCc1cc(-c2ccc(C3CCCCC3)cc2F)ccc1OCCO. The molecule has 0 aromatic heterocycles. The molecule has 5 heteroatoms. The van der Waals surface area contributed by atoms with Crippen molar-refractivity contribution in [2.24, 2.45) is 0 Å². The lowest BCUT2D eigenvalue weighted by Crippen LogP contribution is -2.08. The van der Waals surface area contributed by atoms with Gasteiger partial charge in [-0.3, -0.25) is 0 Å². The van der Waals surface area contributed by atoms with E-state index in [1.165, 1.54) is 19.3 Å². The molecule has 32 heavy (non-hydrogen) atoms. The lowest BCUT2D eigenvalue weighted by molar-refractivity contribution is -0.139. The molecule has 0 unspecified atom stereocenters. The van der Waals surface area contributed by atoms with Crippen LogP contribution in [0.5, 0.6) is 5.75 Å². The number of aliphatic hydroxyl groups excluding tert-OH is 1. The van der Waals surface area contributed by atoms with Crippen LogP contribution < -0.4 is 4.74 Å². The topological polar surface area (TPSA) is 55.8 Å². The maximum atomic E-state index is 15.1. The fourth-order valence-electron chi connectivity index (χ4n) is 4.24. The van der Waals surface area contributed by atoms with E-state index < -0.39 is 5.97 Å². The van der Waals surface area contributed by atoms with Gasteiger partial charge < -0.3 is 14.6 Å². The summed E-state index contributed by atoms with van der Waals surface area (Å²) in [4.78, 5) is 11.6. The zero-order valence-corrected chi connectivity index (χ0v) is 18.9. The fourth-order valence-corrected chi connectivity index (χ4v) is 4.24. The molecule has 0 aliphatic heterocycles. The van der Waals surface area contributed by atoms with E-state index in [0.29, 0.717) is 35.6 Å². The first kappa shape index (κ1) is 24.0. The summed E-state index contributed by atoms with van der Waals surface area (Å²) < 4.78 is 25.9. The Bertz CT molecular complexity index is 931. The van der Waals surface area contributed by atoms with Crippen LogP contribution in [0.3, 0.4) is 0 Å². The molecular weight excluding hydrogens is 407 g/mol. The molecule has 0 saturated heterocycles. The van der Waals surface area contributed by atoms with Gasteiger partial charge in [-0.05, 0) is 73.4 Å². The molecule has 0 amide bonds. The van der Waals surface area contributed by atoms with Gasteiger partial charge in [0, 0.05) is 11.1 Å². The van der Waals surface area contributed by atoms with E-state index in [4.69, 9.17) is 14.6 Å². The standard InChI is InChI=1S/C27H33FO4/c1-19(2)27(30)32-15-6-9-23-17-22(11-13-26(23)31-16-14-29)24-12-10-21(18-25(24)28)20-7-4-3-5-8-20/h10-13,17-18,20,29H,1,3-9,14-16H2,2H3. The number of rotatable bonds is 10. The molecule has 1 N–H and O–H groups in total. The molecular formula is C27H33FO4. The van der Waals surface area contributed by atoms with Gasteiger partial charge >= 0.3 is 5.97 Å². The first-order valence-electron chi connectivity index (χ1n) is 11.5. The summed E-state index contributed by atoms with van der Waals surface area (Å²) in [6.45, 7) is 5.54. The molecule has 1 aliphatic rings. The van der Waals surface area contributed by atoms with E-state index in [9.17, 15) is 4.79 Å². The molecule has 172 valence electrons. The van der Waals surface area contributed by atoms with E-state index in [1.807, 2.05) is 24.3 Å². The normalized spacial score (nSPS) is 14.2. The Balaban J connectivity index is 1.76. The third-order valence-corrected chi connectivity index (χ3v) is 5.96. The van der Waals surface area contributed by atoms with Gasteiger partial charge in [0.05, 0.1) is 13.2 Å². The summed E-state index contributed by atoms with van der Waals surface area (Å²) >= 11 is 0. The Morgan fingerprint density at radius 3 is 2.59 bits per heavy atom. The van der Waals surface area contributed by atoms with Gasteiger partial charge in [0.25, 0.3) is 0 Å². The van der Waals surface area contributed by atoms with E-state index in [1.54, 1.807) is 13.0 Å². The number of ether oxygens (including phenoxy) is 2. The summed E-state index contributed by atoms with van der Waals surface area (Å²) in [6, 6.07) is 11.2. The number of esters is 1. The number of carbonyl (C=O) groups excluding carboxylic acids is 1. The maximum absolute atomic E-state index is 15.1. The molecule has 0 radical (unpaired) electrons. The van der Waals surface area contributed by atoms with E-state index >= 15 is 4.39 Å². The molecule has 2 aromatic carbocycles. The number of carbonyl (C=O) groups is 1. The molecule has 4 nitrogen and oxygen atoms in total. The van der Waals surface area contributed by atoms with Crippen molar-refractivity contribution in [3.63, 3.8) is 0 Å². The van der Waals surface area contributed by atoms with Gasteiger partial charge in [-0.15, -0.1) is 0 Å². The highest BCUT2D eigenvalue weighted by Crippen LogP contribution is 2.35. The zero-order chi connectivity index (χ0) is 22.9. The summed E-state index contributed by atoms with van der Waals surface area (Å²) in [6.07, 6.45) is 7.17. The predicted molar refractivity (Wildman–Crippen MR) is 124 cm³/mol. The Kier molecular flexibility index (Phi) is 8.86. The number of halogens is 1. The summed E-state index contributed by atoms with van der Waals surface area (Å²) in [5.41, 5.74) is 3.69. The highest BCUT2D eigenvalue weighted by Gasteiger charge is 2.18. The maximum Gasteiger partial charge on any atom is 0.333 e. The fraction of sp³-hybridized carbons (Fsp3) is 0.444. The number of hydrogen-bond donors (Lipinski definition) is 1. The van der Waals surface area contributed by atoms with Crippen LogP contribution >= 0.6 is 0 Å². The number of hydrogen-bond acceptors (Lipinski definition) is 4. The van der Waals surface area contributed by atoms with E-state index in [-0.39, 0.29) is 25.6 Å². The first-order valence-corrected chi connectivity index (χ1v) is 11.5. The van der Waals surface area contributed by atoms with Crippen molar-refractivity contribution in [2.45, 2.75) is 57.8 Å². The predicted octanol–water partition coefficient (Wildman–Crippen LogP) is 5.96. The van der Waals surface area contributed by atoms with Crippen molar-refractivity contribution in [3.05, 3.63) is 65.5 Å². The molecule has 1 saturated carbocycles. The summed E-state index contributed by atoms with van der Waals surface area (Å²) in [5, 5.41) is 9.11. The van der Waals surface area contributed by atoms with Crippen molar-refractivity contribution in [1.29, 1.82) is 0 Å². The Labute approximate surface area is 190 Å². The van der Waals surface area contributed by atoms with Gasteiger partial charge in [-0.2, -0.15) is 0 Å². The lowest BCUT2D eigenvalue weighted by Gasteiger charge is -2.22. The van der Waals surface area contributed by atoms with Crippen molar-refractivity contribution in [2.75, 3.05) is 19.8 Å². The first-order chi connectivity index (χ1) is 15.5. The molecule has 1 fully saturated rings. The second kappa shape index (κ2) is 11.8. The van der Waals surface area contributed by atoms with Crippen LogP contribution in [0.1, 0.15) is 62.5 Å². The van der Waals surface area contributed by atoms with Gasteiger partial charge in [0.2, 0.25) is 0 Å².